The average Bonchev–Trinajstić information content (AvgIpc) is 3.97. The van der Waals surface area contributed by atoms with E-state index in [2.05, 4.69) is 45.2 Å². The zero-order valence-corrected chi connectivity index (χ0v) is 36.6. The number of fused-ring (bicyclic) bond motifs is 6. The number of likely N-dealkylation sites (N-methyl/N-ethyl adjacent to an activating group) is 1. The van der Waals surface area contributed by atoms with Gasteiger partial charge in [0.2, 0.25) is 5.75 Å². The molecule has 1 saturated carbocycles. The van der Waals surface area contributed by atoms with Gasteiger partial charge in [-0.15, -0.1) is 0 Å². The van der Waals surface area contributed by atoms with Gasteiger partial charge in [0.05, 0.1) is 25.7 Å². The van der Waals surface area contributed by atoms with E-state index in [-0.39, 0.29) is 52.8 Å². The third kappa shape index (κ3) is 8.13. The third-order valence-corrected chi connectivity index (χ3v) is 14.6. The van der Waals surface area contributed by atoms with Crippen molar-refractivity contribution in [3.63, 3.8) is 0 Å². The topological polar surface area (TPSA) is 189 Å². The lowest BCUT2D eigenvalue weighted by molar-refractivity contribution is -0.134. The lowest BCUT2D eigenvalue weighted by atomic mass is 9.57. The molecule has 64 heavy (non-hydrogen) atoms. The first kappa shape index (κ1) is 43.2. The molecule has 0 radical (unpaired) electrons. The van der Waals surface area contributed by atoms with E-state index < -0.39 is 23.4 Å². The van der Waals surface area contributed by atoms with E-state index in [1.807, 2.05) is 37.5 Å². The van der Waals surface area contributed by atoms with E-state index >= 15 is 4.79 Å². The summed E-state index contributed by atoms with van der Waals surface area (Å²) in [7, 11) is 3.34. The number of hydrogen-bond donors (Lipinski definition) is 9. The summed E-state index contributed by atoms with van der Waals surface area (Å²) in [6.45, 7) is 1.59. The maximum absolute atomic E-state index is 16.1. The SMILES string of the molecule is CNCC1CC(c2cc(O)c(O)c(OC)c2)CC(=O)C(C(O)CCc2ccc(O)c3c2CCCO3)C2(CCCC2Cc2ccc[nH]2)C2=CCNC(=C2)Nc2ccc3cc(O)ccc3c21. The monoisotopic (exact) mass is 868 g/mol. The Balaban J connectivity index is 1.23. The number of ether oxygens (including phenoxy) is 2. The molecule has 4 aliphatic rings. The Bertz CT molecular complexity index is 2590. The summed E-state index contributed by atoms with van der Waals surface area (Å²) in [6, 6.07) is 20.4. The normalized spacial score (nSPS) is 23.8. The maximum Gasteiger partial charge on any atom is 0.200 e. The Labute approximate surface area is 374 Å². The highest BCUT2D eigenvalue weighted by atomic mass is 16.5. The number of carbonyl (C=O) groups is 1. The number of aromatic hydroxyl groups is 4. The molecule has 0 amide bonds. The summed E-state index contributed by atoms with van der Waals surface area (Å²) in [4.78, 5) is 19.5. The van der Waals surface area contributed by atoms with E-state index in [9.17, 15) is 25.5 Å². The van der Waals surface area contributed by atoms with Crippen LogP contribution < -0.4 is 25.4 Å². The number of dihydropyridines is 1. The van der Waals surface area contributed by atoms with Crippen LogP contribution in [0.5, 0.6) is 34.5 Å². The minimum atomic E-state index is -1.04. The second-order valence-corrected chi connectivity index (χ2v) is 18.2. The van der Waals surface area contributed by atoms with Crippen LogP contribution in [0.25, 0.3) is 10.8 Å². The molecule has 6 unspecified atom stereocenters. The number of anilines is 1. The van der Waals surface area contributed by atoms with Gasteiger partial charge in [0, 0.05) is 48.1 Å². The van der Waals surface area contributed by atoms with Crippen LogP contribution in [-0.2, 0) is 24.1 Å². The lowest BCUT2D eigenvalue weighted by Crippen LogP contribution is -2.48. The Kier molecular flexibility index (Phi) is 12.3. The molecule has 9 N–H and O–H groups in total. The van der Waals surface area contributed by atoms with Gasteiger partial charge < -0.3 is 55.9 Å². The largest absolute Gasteiger partial charge is 0.508 e. The summed E-state index contributed by atoms with van der Waals surface area (Å²) in [5.41, 5.74) is 5.83. The van der Waals surface area contributed by atoms with E-state index in [0.29, 0.717) is 63.1 Å². The summed E-state index contributed by atoms with van der Waals surface area (Å²) in [6.07, 6.45) is 11.3. The van der Waals surface area contributed by atoms with Crippen LogP contribution in [0.1, 0.15) is 84.7 Å². The number of allylic oxidation sites excluding steroid dienone is 2. The zero-order valence-electron chi connectivity index (χ0n) is 36.6. The third-order valence-electron chi connectivity index (χ3n) is 14.6. The quantitative estimate of drug-likeness (QED) is 0.0616. The van der Waals surface area contributed by atoms with Crippen LogP contribution >= 0.6 is 0 Å². The van der Waals surface area contributed by atoms with Gasteiger partial charge >= 0.3 is 0 Å². The van der Waals surface area contributed by atoms with Crippen molar-refractivity contribution in [2.24, 2.45) is 17.3 Å². The van der Waals surface area contributed by atoms with Gasteiger partial charge in [0.1, 0.15) is 17.4 Å². The minimum Gasteiger partial charge on any atom is -0.508 e. The molecule has 1 aliphatic carbocycles. The summed E-state index contributed by atoms with van der Waals surface area (Å²) in [5, 5.41) is 68.9. The zero-order chi connectivity index (χ0) is 44.5. The number of aliphatic hydroxyl groups excluding tert-OH is 1. The fourth-order valence-corrected chi connectivity index (χ4v) is 11.8. The molecule has 9 rings (SSSR count). The molecule has 12 heteroatoms. The number of benzene rings is 4. The number of methoxy groups -OCH3 is 1. The highest BCUT2D eigenvalue weighted by Crippen LogP contribution is 2.58. The first-order chi connectivity index (χ1) is 31.1. The molecule has 2 bridgehead atoms. The number of phenolic OH excluding ortho intramolecular Hbond substituents is 4. The van der Waals surface area contributed by atoms with Crippen LogP contribution in [0.2, 0.25) is 0 Å². The molecule has 12 nitrogen and oxygen atoms in total. The van der Waals surface area contributed by atoms with Crippen molar-refractivity contribution in [1.82, 2.24) is 15.6 Å². The van der Waals surface area contributed by atoms with E-state index in [0.717, 1.165) is 75.9 Å². The van der Waals surface area contributed by atoms with Crippen molar-refractivity contribution in [2.45, 2.75) is 82.1 Å². The van der Waals surface area contributed by atoms with Gasteiger partial charge in [-0.05, 0) is 164 Å². The number of ketones is 1. The predicted octanol–water partition coefficient (Wildman–Crippen LogP) is 8.20. The molecule has 6 atom stereocenters. The Morgan fingerprint density at radius 2 is 1.89 bits per heavy atom. The summed E-state index contributed by atoms with van der Waals surface area (Å²) >= 11 is 0. The number of phenols is 4. The van der Waals surface area contributed by atoms with Gasteiger partial charge in [0.15, 0.2) is 23.0 Å². The first-order valence-electron chi connectivity index (χ1n) is 22.8. The van der Waals surface area contributed by atoms with Crippen molar-refractivity contribution < 1.29 is 39.8 Å². The van der Waals surface area contributed by atoms with Crippen molar-refractivity contribution >= 4 is 22.2 Å². The molecule has 5 aromatic rings. The predicted molar refractivity (Wildman–Crippen MR) is 247 cm³/mol. The molecule has 3 aliphatic heterocycles. The maximum atomic E-state index is 16.1. The van der Waals surface area contributed by atoms with Crippen molar-refractivity contribution in [1.29, 1.82) is 0 Å². The lowest BCUT2D eigenvalue weighted by Gasteiger charge is -2.46. The van der Waals surface area contributed by atoms with Crippen molar-refractivity contribution in [3.05, 3.63) is 124 Å². The number of rotatable bonds is 10. The Hall–Kier alpha value is -6.11. The molecule has 1 fully saturated rings. The fraction of sp³-hybridized carbons (Fsp3) is 0.404. The second kappa shape index (κ2) is 18.2. The van der Waals surface area contributed by atoms with Gasteiger partial charge in [-0.3, -0.25) is 4.79 Å². The molecule has 4 heterocycles. The molecule has 1 aromatic heterocycles. The number of hydrogen-bond acceptors (Lipinski definition) is 11. The molecular formula is C52H60N4O8. The van der Waals surface area contributed by atoms with Gasteiger partial charge in [0.25, 0.3) is 0 Å². The van der Waals surface area contributed by atoms with Crippen LogP contribution in [0.4, 0.5) is 5.69 Å². The summed E-state index contributed by atoms with van der Waals surface area (Å²) in [5.74, 6) is -0.594. The molecule has 0 saturated heterocycles. The van der Waals surface area contributed by atoms with Crippen LogP contribution in [0, 0.1) is 17.3 Å². The van der Waals surface area contributed by atoms with Crippen LogP contribution in [-0.4, -0.2) is 76.3 Å². The standard InChI is InChI=1S/C52H60N4O8/c1-53-29-34-22-32(33-25-45(61)50(62)46(26-33)63-2)24-44(60)49(42(58)15-10-30-11-16-43(59)51-40(30)8-5-21-64-51)52(18-3-6-35(52)27-37-7-4-19-54-37)36-17-20-55-47(28-36)56-41-14-9-31-23-38(57)12-13-39(31)48(34)41/h4,7,9,11-14,16-17,19,23,25-26,28,32,34-35,42,49,53-59,61-62H,3,5-6,8,10,15,18,20-22,24,27,29H2,1-2H3. The summed E-state index contributed by atoms with van der Waals surface area (Å²) < 4.78 is 11.5. The van der Waals surface area contributed by atoms with Gasteiger partial charge in [-0.1, -0.05) is 30.7 Å². The number of aryl methyl sites for hydroxylation is 1. The molecule has 336 valence electrons. The number of nitrogens with one attached hydrogen (secondary N) is 4. The molecule has 1 spiro atoms. The Morgan fingerprint density at radius 1 is 1.02 bits per heavy atom. The number of carbonyl (C=O) groups excluding carboxylic acids is 1. The van der Waals surface area contributed by atoms with Crippen LogP contribution in [0.3, 0.4) is 0 Å². The number of aliphatic hydroxyl groups is 1. The second-order valence-electron chi connectivity index (χ2n) is 18.2. The first-order valence-corrected chi connectivity index (χ1v) is 22.8. The van der Waals surface area contributed by atoms with E-state index in [4.69, 9.17) is 9.47 Å². The number of aromatic nitrogens is 1. The van der Waals surface area contributed by atoms with Crippen molar-refractivity contribution in [2.75, 3.05) is 39.2 Å². The van der Waals surface area contributed by atoms with Crippen molar-refractivity contribution in [3.8, 4) is 34.5 Å². The van der Waals surface area contributed by atoms with E-state index in [1.54, 1.807) is 24.3 Å². The number of aromatic amines is 1. The minimum absolute atomic E-state index is 0.00812. The van der Waals surface area contributed by atoms with Crippen LogP contribution in [0.15, 0.2) is 96.5 Å². The number of Topliss-reactive ketones (excluding diaryl/α,β-unsaturated/α-hetero) is 1. The molecule has 4 aromatic carbocycles. The van der Waals surface area contributed by atoms with Gasteiger partial charge in [-0.25, -0.2) is 0 Å². The highest BCUT2D eigenvalue weighted by molar-refractivity contribution is 5.92. The van der Waals surface area contributed by atoms with Gasteiger partial charge in [-0.2, -0.15) is 0 Å². The smallest absolute Gasteiger partial charge is 0.200 e. The average molecular weight is 869 g/mol. The fourth-order valence-electron chi connectivity index (χ4n) is 11.8. The molecular weight excluding hydrogens is 809 g/mol. The number of H-pyrrole nitrogens is 1. The Morgan fingerprint density at radius 3 is 2.70 bits per heavy atom. The van der Waals surface area contributed by atoms with E-state index in [1.165, 1.54) is 13.2 Å². The highest BCUT2D eigenvalue weighted by Gasteiger charge is 2.55.